The van der Waals surface area contributed by atoms with Crippen LogP contribution in [-0.4, -0.2) is 30.8 Å². The zero-order chi connectivity index (χ0) is 14.8. The molecule has 1 fully saturated rings. The zero-order valence-corrected chi connectivity index (χ0v) is 13.2. The van der Waals surface area contributed by atoms with Gasteiger partial charge in [0.15, 0.2) is 0 Å². The van der Waals surface area contributed by atoms with Crippen molar-refractivity contribution in [3.8, 4) is 0 Å². The molecule has 1 aromatic rings. The van der Waals surface area contributed by atoms with E-state index < -0.39 is 10.0 Å². The summed E-state index contributed by atoms with van der Waals surface area (Å²) in [6.45, 7) is 3.38. The van der Waals surface area contributed by atoms with E-state index in [9.17, 15) is 8.42 Å². The molecule has 0 unspecified atom stereocenters. The average Bonchev–Trinajstić information content (AvgIpc) is 2.39. The highest BCUT2D eigenvalue weighted by Crippen LogP contribution is 2.22. The molecule has 4 nitrogen and oxygen atoms in total. The molecule has 0 radical (unpaired) electrons. The summed E-state index contributed by atoms with van der Waals surface area (Å²) in [7, 11) is -3.30. The quantitative estimate of drug-likeness (QED) is 0.862. The van der Waals surface area contributed by atoms with Gasteiger partial charge in [0, 0.05) is 18.7 Å². The highest BCUT2D eigenvalue weighted by atomic mass is 32.2. The largest absolute Gasteiger partial charge is 0.389 e. The Bertz CT molecular complexity index is 591. The van der Waals surface area contributed by atoms with Crippen molar-refractivity contribution in [2.45, 2.75) is 25.5 Å². The normalized spacial score (nSPS) is 18.1. The summed E-state index contributed by atoms with van der Waals surface area (Å²) in [6.07, 6.45) is 1.85. The number of sulfonamides is 1. The summed E-state index contributed by atoms with van der Waals surface area (Å²) >= 11 is 4.98. The Morgan fingerprint density at radius 3 is 2.55 bits per heavy atom. The van der Waals surface area contributed by atoms with Gasteiger partial charge in [-0.15, -0.1) is 0 Å². The molecule has 0 aromatic heterocycles. The summed E-state index contributed by atoms with van der Waals surface area (Å²) in [4.78, 5) is 0.239. The van der Waals surface area contributed by atoms with Gasteiger partial charge in [0.25, 0.3) is 0 Å². The van der Waals surface area contributed by atoms with Gasteiger partial charge in [-0.2, -0.15) is 0 Å². The summed E-state index contributed by atoms with van der Waals surface area (Å²) < 4.78 is 26.5. The van der Waals surface area contributed by atoms with Gasteiger partial charge in [-0.3, -0.25) is 0 Å². The monoisotopic (exact) mass is 312 g/mol. The maximum absolute atomic E-state index is 12.5. The number of hydrogen-bond acceptors (Lipinski definition) is 3. The Morgan fingerprint density at radius 1 is 1.35 bits per heavy atom. The fourth-order valence-corrected chi connectivity index (χ4v) is 4.23. The Morgan fingerprint density at radius 2 is 1.95 bits per heavy atom. The van der Waals surface area contributed by atoms with Crippen LogP contribution in [0.25, 0.3) is 0 Å². The van der Waals surface area contributed by atoms with E-state index in [0.717, 1.165) is 12.8 Å². The van der Waals surface area contributed by atoms with Crippen molar-refractivity contribution >= 4 is 27.2 Å². The van der Waals surface area contributed by atoms with Crippen LogP contribution in [0.15, 0.2) is 24.3 Å². The second-order valence-electron chi connectivity index (χ2n) is 5.36. The van der Waals surface area contributed by atoms with Gasteiger partial charge in [-0.1, -0.05) is 43.4 Å². The molecule has 0 bridgehead atoms. The van der Waals surface area contributed by atoms with Crippen LogP contribution < -0.4 is 5.73 Å². The molecular weight excluding hydrogens is 292 g/mol. The molecular formula is C14H20N2O2S2. The van der Waals surface area contributed by atoms with Crippen molar-refractivity contribution in [2.75, 3.05) is 13.1 Å². The Kier molecular flexibility index (Phi) is 4.78. The Labute approximate surface area is 126 Å². The highest BCUT2D eigenvalue weighted by molar-refractivity contribution is 7.88. The Balaban J connectivity index is 2.18. The molecule has 1 heterocycles. The van der Waals surface area contributed by atoms with Crippen LogP contribution in [0, 0.1) is 5.92 Å². The number of rotatable bonds is 4. The molecule has 1 saturated heterocycles. The van der Waals surface area contributed by atoms with E-state index in [0.29, 0.717) is 30.1 Å². The molecule has 1 aliphatic rings. The molecule has 0 atom stereocenters. The van der Waals surface area contributed by atoms with E-state index in [1.165, 1.54) is 0 Å². The lowest BCUT2D eigenvalue weighted by molar-refractivity contribution is 0.287. The summed E-state index contributed by atoms with van der Waals surface area (Å²) in [5, 5.41) is 0. The molecule has 110 valence electrons. The number of thiocarbonyl (C=S) groups is 1. The van der Waals surface area contributed by atoms with E-state index in [1.54, 1.807) is 16.4 Å². The number of nitrogens with two attached hydrogens (primary N) is 1. The third-order valence-corrected chi connectivity index (χ3v) is 5.80. The molecule has 6 heteroatoms. The second-order valence-corrected chi connectivity index (χ2v) is 7.77. The minimum Gasteiger partial charge on any atom is -0.389 e. The van der Waals surface area contributed by atoms with Crippen LogP contribution in [0.1, 0.15) is 30.9 Å². The SMILES string of the molecule is CC1CCN(S(=O)(=O)Cc2ccccc2C(N)=S)CC1. The first-order chi connectivity index (χ1) is 9.40. The van der Waals surface area contributed by atoms with Crippen molar-refractivity contribution in [3.63, 3.8) is 0 Å². The minimum absolute atomic E-state index is 0.0328. The van der Waals surface area contributed by atoms with Crippen molar-refractivity contribution in [3.05, 3.63) is 35.4 Å². The maximum atomic E-state index is 12.5. The lowest BCUT2D eigenvalue weighted by Crippen LogP contribution is -2.38. The standard InChI is InChI=1S/C14H20N2O2S2/c1-11-6-8-16(9-7-11)20(17,18)10-12-4-2-3-5-13(12)14(15)19/h2-5,11H,6-10H2,1H3,(H2,15,19). The van der Waals surface area contributed by atoms with Crippen molar-refractivity contribution in [1.82, 2.24) is 4.31 Å². The van der Waals surface area contributed by atoms with Crippen LogP contribution in [0.5, 0.6) is 0 Å². The lowest BCUT2D eigenvalue weighted by Gasteiger charge is -2.29. The predicted octanol–water partition coefficient (Wildman–Crippen LogP) is 1.88. The Hall–Kier alpha value is -0.980. The first kappa shape index (κ1) is 15.4. The number of hydrogen-bond donors (Lipinski definition) is 1. The van der Waals surface area contributed by atoms with Crippen LogP contribution >= 0.6 is 12.2 Å². The van der Waals surface area contributed by atoms with Crippen molar-refractivity contribution < 1.29 is 8.42 Å². The summed E-state index contributed by atoms with van der Waals surface area (Å²) in [5.74, 6) is 0.569. The molecule has 1 aromatic carbocycles. The average molecular weight is 312 g/mol. The van der Waals surface area contributed by atoms with Gasteiger partial charge in [-0.05, 0) is 24.3 Å². The van der Waals surface area contributed by atoms with Gasteiger partial charge in [0.05, 0.1) is 5.75 Å². The summed E-state index contributed by atoms with van der Waals surface area (Å²) in [5.41, 5.74) is 6.98. The first-order valence-corrected chi connectivity index (χ1v) is 8.77. The van der Waals surface area contributed by atoms with Gasteiger partial charge in [0.2, 0.25) is 10.0 Å². The van der Waals surface area contributed by atoms with E-state index >= 15 is 0 Å². The number of nitrogens with zero attached hydrogens (tertiary/aromatic N) is 1. The number of benzene rings is 1. The molecule has 2 rings (SSSR count). The van der Waals surface area contributed by atoms with E-state index in [1.807, 2.05) is 12.1 Å². The molecule has 0 amide bonds. The molecule has 1 aliphatic heterocycles. The molecule has 0 saturated carbocycles. The fraction of sp³-hybridized carbons (Fsp3) is 0.500. The molecule has 2 N–H and O–H groups in total. The highest BCUT2D eigenvalue weighted by Gasteiger charge is 2.27. The number of piperidine rings is 1. The molecule has 0 aliphatic carbocycles. The van der Waals surface area contributed by atoms with Crippen LogP contribution in [0.2, 0.25) is 0 Å². The fourth-order valence-electron chi connectivity index (χ4n) is 2.44. The third-order valence-electron chi connectivity index (χ3n) is 3.76. The van der Waals surface area contributed by atoms with Gasteiger partial charge < -0.3 is 5.73 Å². The topological polar surface area (TPSA) is 63.4 Å². The van der Waals surface area contributed by atoms with E-state index in [-0.39, 0.29) is 10.7 Å². The van der Waals surface area contributed by atoms with Crippen LogP contribution in [0.3, 0.4) is 0 Å². The van der Waals surface area contributed by atoms with Crippen LogP contribution in [0.4, 0.5) is 0 Å². The smallest absolute Gasteiger partial charge is 0.218 e. The molecule has 20 heavy (non-hydrogen) atoms. The minimum atomic E-state index is -3.30. The van der Waals surface area contributed by atoms with Crippen molar-refractivity contribution in [2.24, 2.45) is 11.7 Å². The van der Waals surface area contributed by atoms with Gasteiger partial charge in [0.1, 0.15) is 4.99 Å². The predicted molar refractivity (Wildman–Crippen MR) is 84.9 cm³/mol. The first-order valence-electron chi connectivity index (χ1n) is 6.75. The molecule has 0 spiro atoms. The maximum Gasteiger partial charge on any atom is 0.218 e. The van der Waals surface area contributed by atoms with Crippen molar-refractivity contribution in [1.29, 1.82) is 0 Å². The summed E-state index contributed by atoms with van der Waals surface area (Å²) in [6, 6.07) is 7.17. The van der Waals surface area contributed by atoms with Gasteiger partial charge >= 0.3 is 0 Å². The van der Waals surface area contributed by atoms with Gasteiger partial charge in [-0.25, -0.2) is 12.7 Å². The van der Waals surface area contributed by atoms with E-state index in [2.05, 4.69) is 6.92 Å². The van der Waals surface area contributed by atoms with E-state index in [4.69, 9.17) is 18.0 Å². The zero-order valence-electron chi connectivity index (χ0n) is 11.6. The third kappa shape index (κ3) is 3.56. The van der Waals surface area contributed by atoms with Crippen LogP contribution in [-0.2, 0) is 15.8 Å². The second kappa shape index (κ2) is 6.20. The lowest BCUT2D eigenvalue weighted by atomic mass is 10.0.